The van der Waals surface area contributed by atoms with Crippen LogP contribution in [0.15, 0.2) is 24.3 Å². The van der Waals surface area contributed by atoms with E-state index in [1.165, 1.54) is 0 Å². The summed E-state index contributed by atoms with van der Waals surface area (Å²) in [7, 11) is 3.40. The maximum absolute atomic E-state index is 6.11. The molecule has 0 spiro atoms. The molecule has 2 atom stereocenters. The smallest absolute Gasteiger partial charge is 0.159 e. The van der Waals surface area contributed by atoms with Gasteiger partial charge in [-0.3, -0.25) is 0 Å². The SMILES string of the molecule is COC1CN(c2nnc(Cl)c3ccccc23)CC1OC. The highest BCUT2D eigenvalue weighted by molar-refractivity contribution is 6.34. The lowest BCUT2D eigenvalue weighted by atomic mass is 10.2. The maximum Gasteiger partial charge on any atom is 0.159 e. The second kappa shape index (κ2) is 5.52. The number of nitrogens with zero attached hydrogens (tertiary/aromatic N) is 3. The van der Waals surface area contributed by atoms with Crippen molar-refractivity contribution in [1.29, 1.82) is 0 Å². The number of methoxy groups -OCH3 is 2. The van der Waals surface area contributed by atoms with E-state index in [-0.39, 0.29) is 12.2 Å². The first-order chi connectivity index (χ1) is 9.74. The molecular formula is C14H16ClN3O2. The largest absolute Gasteiger partial charge is 0.377 e. The molecule has 20 heavy (non-hydrogen) atoms. The number of ether oxygens (including phenoxy) is 2. The van der Waals surface area contributed by atoms with E-state index < -0.39 is 0 Å². The molecule has 6 heteroatoms. The van der Waals surface area contributed by atoms with Gasteiger partial charge in [0, 0.05) is 38.1 Å². The van der Waals surface area contributed by atoms with Crippen molar-refractivity contribution in [3.05, 3.63) is 29.4 Å². The normalized spacial score (nSPS) is 22.6. The Hall–Kier alpha value is -1.43. The van der Waals surface area contributed by atoms with Crippen molar-refractivity contribution in [2.45, 2.75) is 12.2 Å². The van der Waals surface area contributed by atoms with E-state index in [0.29, 0.717) is 5.15 Å². The highest BCUT2D eigenvalue weighted by atomic mass is 35.5. The zero-order valence-corrected chi connectivity index (χ0v) is 12.2. The molecule has 2 heterocycles. The second-order valence-electron chi connectivity index (χ2n) is 4.81. The molecule has 1 fully saturated rings. The van der Waals surface area contributed by atoms with Gasteiger partial charge >= 0.3 is 0 Å². The molecule has 1 aromatic heterocycles. The van der Waals surface area contributed by atoms with Crippen molar-refractivity contribution < 1.29 is 9.47 Å². The molecule has 0 aliphatic carbocycles. The van der Waals surface area contributed by atoms with Gasteiger partial charge in [-0.2, -0.15) is 0 Å². The number of fused-ring (bicyclic) bond motifs is 1. The lowest BCUT2D eigenvalue weighted by Gasteiger charge is -2.18. The molecule has 1 aromatic carbocycles. The van der Waals surface area contributed by atoms with Crippen LogP contribution >= 0.6 is 11.6 Å². The first kappa shape index (κ1) is 13.5. The zero-order valence-electron chi connectivity index (χ0n) is 11.4. The Morgan fingerprint density at radius 2 is 1.65 bits per heavy atom. The molecule has 106 valence electrons. The molecule has 1 saturated heterocycles. The summed E-state index contributed by atoms with van der Waals surface area (Å²) in [6.07, 6.45) is 0.0764. The van der Waals surface area contributed by atoms with Gasteiger partial charge in [-0.05, 0) is 0 Å². The Morgan fingerprint density at radius 3 is 2.25 bits per heavy atom. The van der Waals surface area contributed by atoms with Gasteiger partial charge < -0.3 is 14.4 Å². The molecule has 1 aliphatic rings. The summed E-state index contributed by atoms with van der Waals surface area (Å²) in [5.41, 5.74) is 0. The fourth-order valence-electron chi connectivity index (χ4n) is 2.66. The molecule has 2 unspecified atom stereocenters. The van der Waals surface area contributed by atoms with Crippen LogP contribution in [0.3, 0.4) is 0 Å². The monoisotopic (exact) mass is 293 g/mol. The standard InChI is InChI=1S/C14H16ClN3O2/c1-19-11-7-18(8-12(11)20-2)14-10-6-4-3-5-9(10)13(15)16-17-14/h3-6,11-12H,7-8H2,1-2H3. The van der Waals surface area contributed by atoms with E-state index in [2.05, 4.69) is 15.1 Å². The third-order valence-electron chi connectivity index (χ3n) is 3.74. The van der Waals surface area contributed by atoms with Gasteiger partial charge in [-0.25, -0.2) is 0 Å². The predicted octanol–water partition coefficient (Wildman–Crippen LogP) is 2.13. The lowest BCUT2D eigenvalue weighted by molar-refractivity contribution is -0.00461. The lowest BCUT2D eigenvalue weighted by Crippen LogP contribution is -2.27. The quantitative estimate of drug-likeness (QED) is 0.868. The van der Waals surface area contributed by atoms with E-state index >= 15 is 0 Å². The van der Waals surface area contributed by atoms with Crippen LogP contribution in [-0.2, 0) is 9.47 Å². The summed E-state index contributed by atoms with van der Waals surface area (Å²) < 4.78 is 10.9. The van der Waals surface area contributed by atoms with Crippen molar-refractivity contribution in [3.8, 4) is 0 Å². The highest BCUT2D eigenvalue weighted by Crippen LogP contribution is 2.30. The topological polar surface area (TPSA) is 47.5 Å². The van der Waals surface area contributed by atoms with Crippen LogP contribution in [0.4, 0.5) is 5.82 Å². The fraction of sp³-hybridized carbons (Fsp3) is 0.429. The molecule has 0 N–H and O–H groups in total. The minimum Gasteiger partial charge on any atom is -0.377 e. The Kier molecular flexibility index (Phi) is 3.74. The van der Waals surface area contributed by atoms with Crippen LogP contribution in [0.5, 0.6) is 0 Å². The van der Waals surface area contributed by atoms with Gasteiger partial charge in [0.25, 0.3) is 0 Å². The number of hydrogen-bond acceptors (Lipinski definition) is 5. The summed E-state index contributed by atoms with van der Waals surface area (Å²) in [5, 5.41) is 10.6. The number of anilines is 1. The van der Waals surface area contributed by atoms with Gasteiger partial charge in [0.05, 0.1) is 0 Å². The van der Waals surface area contributed by atoms with Crippen LogP contribution in [-0.4, -0.2) is 49.7 Å². The minimum atomic E-state index is 0.0382. The number of hydrogen-bond donors (Lipinski definition) is 0. The average Bonchev–Trinajstić information content (AvgIpc) is 2.91. The number of benzene rings is 1. The molecule has 5 nitrogen and oxygen atoms in total. The second-order valence-corrected chi connectivity index (χ2v) is 5.17. The molecule has 3 rings (SSSR count). The van der Waals surface area contributed by atoms with Crippen molar-refractivity contribution in [3.63, 3.8) is 0 Å². The van der Waals surface area contributed by atoms with Crippen LogP contribution in [0, 0.1) is 0 Å². The van der Waals surface area contributed by atoms with Gasteiger partial charge in [0.2, 0.25) is 0 Å². The number of rotatable bonds is 3. The first-order valence-electron chi connectivity index (χ1n) is 6.46. The molecule has 1 aliphatic heterocycles. The Balaban J connectivity index is 2.01. The van der Waals surface area contributed by atoms with Crippen molar-refractivity contribution >= 4 is 28.2 Å². The first-order valence-corrected chi connectivity index (χ1v) is 6.84. The van der Waals surface area contributed by atoms with Gasteiger partial charge in [-0.1, -0.05) is 35.9 Å². The molecular weight excluding hydrogens is 278 g/mol. The summed E-state index contributed by atoms with van der Waals surface area (Å²) in [6.45, 7) is 1.46. The minimum absolute atomic E-state index is 0.0382. The van der Waals surface area contributed by atoms with Crippen molar-refractivity contribution in [1.82, 2.24) is 10.2 Å². The molecule has 2 aromatic rings. The third kappa shape index (κ3) is 2.22. The molecule has 0 radical (unpaired) electrons. The van der Waals surface area contributed by atoms with E-state index in [9.17, 15) is 0 Å². The van der Waals surface area contributed by atoms with Gasteiger partial charge in [-0.15, -0.1) is 10.2 Å². The van der Waals surface area contributed by atoms with Crippen LogP contribution in [0.25, 0.3) is 10.8 Å². The summed E-state index contributed by atoms with van der Waals surface area (Å²) in [4.78, 5) is 2.13. The third-order valence-corrected chi connectivity index (χ3v) is 4.02. The Labute approximate surface area is 122 Å². The van der Waals surface area contributed by atoms with Crippen LogP contribution < -0.4 is 4.90 Å². The summed E-state index contributed by atoms with van der Waals surface area (Å²) >= 11 is 6.11. The van der Waals surface area contributed by atoms with Crippen LogP contribution in [0.2, 0.25) is 5.15 Å². The van der Waals surface area contributed by atoms with Crippen molar-refractivity contribution in [2.75, 3.05) is 32.2 Å². The Bertz CT molecular complexity index is 610. The van der Waals surface area contributed by atoms with Crippen molar-refractivity contribution in [2.24, 2.45) is 0 Å². The highest BCUT2D eigenvalue weighted by Gasteiger charge is 2.34. The molecule has 0 amide bonds. The van der Waals surface area contributed by atoms with E-state index in [4.69, 9.17) is 21.1 Å². The van der Waals surface area contributed by atoms with Gasteiger partial charge in [0.1, 0.15) is 12.2 Å². The number of halogens is 1. The molecule has 0 saturated carbocycles. The fourth-order valence-corrected chi connectivity index (χ4v) is 2.86. The average molecular weight is 294 g/mol. The Morgan fingerprint density at radius 1 is 1.05 bits per heavy atom. The molecule has 0 bridgehead atoms. The summed E-state index contributed by atoms with van der Waals surface area (Å²) in [5.74, 6) is 0.826. The predicted molar refractivity (Wildman–Crippen MR) is 78.4 cm³/mol. The summed E-state index contributed by atoms with van der Waals surface area (Å²) in [6, 6.07) is 7.88. The van der Waals surface area contributed by atoms with E-state index in [0.717, 1.165) is 29.7 Å². The van der Waals surface area contributed by atoms with E-state index in [1.54, 1.807) is 14.2 Å². The van der Waals surface area contributed by atoms with Gasteiger partial charge in [0.15, 0.2) is 11.0 Å². The van der Waals surface area contributed by atoms with E-state index in [1.807, 2.05) is 24.3 Å². The maximum atomic E-state index is 6.11. The van der Waals surface area contributed by atoms with Crippen LogP contribution in [0.1, 0.15) is 0 Å². The number of aromatic nitrogens is 2. The zero-order chi connectivity index (χ0) is 14.1.